The summed E-state index contributed by atoms with van der Waals surface area (Å²) in [4.78, 5) is 51.5. The molecular formula is C22H16N2O5S5. The number of hydrogen-bond acceptors (Lipinski definition) is 9. The van der Waals surface area contributed by atoms with E-state index < -0.39 is 23.3 Å². The van der Waals surface area contributed by atoms with Gasteiger partial charge in [0.1, 0.15) is 17.1 Å². The highest BCUT2D eigenvalue weighted by Crippen LogP contribution is 2.41. The van der Waals surface area contributed by atoms with Gasteiger partial charge in [-0.25, -0.2) is 4.79 Å². The Morgan fingerprint density at radius 3 is 2.85 bits per heavy atom. The van der Waals surface area contributed by atoms with E-state index in [1.807, 2.05) is 29.0 Å². The van der Waals surface area contributed by atoms with E-state index in [9.17, 15) is 24.3 Å². The molecule has 7 nitrogen and oxygen atoms in total. The van der Waals surface area contributed by atoms with Gasteiger partial charge in [-0.2, -0.15) is 0 Å². The number of aliphatic carboxylic acids is 1. The van der Waals surface area contributed by atoms with Crippen LogP contribution in [0.5, 0.6) is 0 Å². The summed E-state index contributed by atoms with van der Waals surface area (Å²) in [6, 6.07) is 6.47. The first kappa shape index (κ1) is 23.4. The SMILES string of the molecule is O=C(Cc1cccs1)NC1C(=O)N2C(C(=O)O)=C(/C=C/Sc3cc(=O)c4sccc4s3)CS[C@H]12. The van der Waals surface area contributed by atoms with Gasteiger partial charge in [0, 0.05) is 16.7 Å². The Bertz CT molecular complexity index is 1400. The minimum absolute atomic E-state index is 0.0282. The number of nitrogens with one attached hydrogen (secondary N) is 1. The average Bonchev–Trinajstić information content (AvgIpc) is 3.49. The van der Waals surface area contributed by atoms with Gasteiger partial charge >= 0.3 is 5.97 Å². The van der Waals surface area contributed by atoms with Crippen LogP contribution in [0.4, 0.5) is 0 Å². The number of carbonyl (C=O) groups is 3. The van der Waals surface area contributed by atoms with Crippen LogP contribution in [0.1, 0.15) is 4.88 Å². The van der Waals surface area contributed by atoms with E-state index in [2.05, 4.69) is 5.32 Å². The lowest BCUT2D eigenvalue weighted by atomic mass is 10.0. The second kappa shape index (κ2) is 9.70. The van der Waals surface area contributed by atoms with Crippen molar-refractivity contribution < 1.29 is 19.5 Å². The van der Waals surface area contributed by atoms with Crippen molar-refractivity contribution in [2.24, 2.45) is 0 Å². The first-order valence-electron chi connectivity index (χ1n) is 10.00. The monoisotopic (exact) mass is 548 g/mol. The summed E-state index contributed by atoms with van der Waals surface area (Å²) >= 11 is 7.14. The van der Waals surface area contributed by atoms with Crippen molar-refractivity contribution in [2.75, 3.05) is 5.75 Å². The minimum Gasteiger partial charge on any atom is -0.477 e. The molecule has 3 aromatic heterocycles. The van der Waals surface area contributed by atoms with Crippen LogP contribution in [0.25, 0.3) is 9.40 Å². The van der Waals surface area contributed by atoms with E-state index in [4.69, 9.17) is 0 Å². The normalized spacial score (nSPS) is 20.0. The highest BCUT2D eigenvalue weighted by molar-refractivity contribution is 8.04. The van der Waals surface area contributed by atoms with E-state index in [1.54, 1.807) is 17.6 Å². The molecular weight excluding hydrogens is 533 g/mol. The van der Waals surface area contributed by atoms with Crippen molar-refractivity contribution in [3.63, 3.8) is 0 Å². The summed E-state index contributed by atoms with van der Waals surface area (Å²) in [5.41, 5.74) is 0.428. The molecule has 5 heterocycles. The Hall–Kier alpha value is -2.38. The fraction of sp³-hybridized carbons (Fsp3) is 0.182. The Balaban J connectivity index is 1.29. The van der Waals surface area contributed by atoms with E-state index in [1.165, 1.54) is 62.4 Å². The van der Waals surface area contributed by atoms with Gasteiger partial charge in [-0.1, -0.05) is 17.8 Å². The summed E-state index contributed by atoms with van der Waals surface area (Å²) in [6.07, 6.45) is 1.87. The Labute approximate surface area is 214 Å². The number of thiophene rings is 2. The molecule has 1 saturated heterocycles. The lowest BCUT2D eigenvalue weighted by molar-refractivity contribution is -0.150. The summed E-state index contributed by atoms with van der Waals surface area (Å²) in [5.74, 6) is -1.47. The average molecular weight is 549 g/mol. The minimum atomic E-state index is -1.18. The molecule has 2 aliphatic rings. The van der Waals surface area contributed by atoms with E-state index in [0.717, 1.165) is 18.5 Å². The van der Waals surface area contributed by atoms with E-state index >= 15 is 0 Å². The summed E-state index contributed by atoms with van der Waals surface area (Å²) in [7, 11) is 0. The molecule has 0 aromatic carbocycles. The van der Waals surface area contributed by atoms with Crippen LogP contribution < -0.4 is 10.7 Å². The largest absolute Gasteiger partial charge is 0.477 e. The number of nitrogens with zero attached hydrogens (tertiary/aromatic N) is 1. The number of carboxylic acids is 1. The van der Waals surface area contributed by atoms with Gasteiger partial charge in [0.25, 0.3) is 5.91 Å². The van der Waals surface area contributed by atoms with Gasteiger partial charge in [-0.05, 0) is 40.0 Å². The lowest BCUT2D eigenvalue weighted by Crippen LogP contribution is -2.70. The third-order valence-corrected chi connectivity index (χ3v) is 10.5. The molecule has 174 valence electrons. The second-order valence-electron chi connectivity index (χ2n) is 7.35. The van der Waals surface area contributed by atoms with Crippen LogP contribution in [0.15, 0.2) is 66.8 Å². The van der Waals surface area contributed by atoms with Gasteiger partial charge in [0.2, 0.25) is 5.91 Å². The Kier molecular flexibility index (Phi) is 6.67. The van der Waals surface area contributed by atoms with E-state index in [0.29, 0.717) is 11.3 Å². The van der Waals surface area contributed by atoms with Crippen LogP contribution >= 0.6 is 57.5 Å². The molecule has 2 aliphatic heterocycles. The van der Waals surface area contributed by atoms with Crippen LogP contribution in [0.2, 0.25) is 0 Å². The number of rotatable bonds is 7. The standard InChI is InChI=1S/C22H16N2O5S5/c25-13-9-16(34-14-4-7-32-19(13)14)31-6-3-11-10-33-21-17(20(27)24(21)18(11)22(28)29)23-15(26)8-12-2-1-5-30-12/h1-7,9,17,21H,8,10H2,(H,23,26)(H,28,29)/b6-3+/t17?,21-/m1/s1. The zero-order valence-corrected chi connectivity index (χ0v) is 21.3. The molecule has 12 heteroatoms. The molecule has 2 N–H and O–H groups in total. The predicted octanol–water partition coefficient (Wildman–Crippen LogP) is 3.97. The summed E-state index contributed by atoms with van der Waals surface area (Å²) in [6.45, 7) is 0. The number of β-lactam (4-membered cyclic amide) rings is 1. The fourth-order valence-electron chi connectivity index (χ4n) is 3.68. The molecule has 0 aliphatic carbocycles. The second-order valence-corrected chi connectivity index (χ2v) is 12.7. The first-order valence-corrected chi connectivity index (χ1v) is 14.5. The molecule has 0 saturated carbocycles. The zero-order valence-electron chi connectivity index (χ0n) is 17.3. The molecule has 0 radical (unpaired) electrons. The number of amides is 2. The molecule has 1 unspecified atom stereocenters. The fourth-order valence-corrected chi connectivity index (χ4v) is 8.64. The third-order valence-electron chi connectivity index (χ3n) is 5.20. The van der Waals surface area contributed by atoms with Gasteiger partial charge in [0.15, 0.2) is 5.43 Å². The molecule has 0 spiro atoms. The molecule has 5 rings (SSSR count). The molecule has 1 fully saturated rings. The number of fused-ring (bicyclic) bond motifs is 2. The molecule has 3 aromatic rings. The number of hydrogen-bond donors (Lipinski definition) is 2. The molecule has 2 atom stereocenters. The van der Waals surface area contributed by atoms with E-state index in [-0.39, 0.29) is 23.5 Å². The molecule has 0 bridgehead atoms. The number of allylic oxidation sites excluding steroid dienone is 1. The maximum Gasteiger partial charge on any atom is 0.352 e. The lowest BCUT2D eigenvalue weighted by Gasteiger charge is -2.49. The maximum atomic E-state index is 12.8. The number of carboxylic acid groups (broad SMARTS) is 1. The van der Waals surface area contributed by atoms with Crippen LogP contribution in [0.3, 0.4) is 0 Å². The summed E-state index contributed by atoms with van der Waals surface area (Å²) < 4.78 is 2.46. The number of thioether (sulfide) groups is 2. The maximum absolute atomic E-state index is 12.8. The molecule has 2 amide bonds. The van der Waals surface area contributed by atoms with Gasteiger partial charge < -0.3 is 10.4 Å². The predicted molar refractivity (Wildman–Crippen MR) is 139 cm³/mol. The third kappa shape index (κ3) is 4.48. The van der Waals surface area contributed by atoms with Crippen molar-refractivity contribution in [3.05, 3.63) is 72.9 Å². The van der Waals surface area contributed by atoms with Gasteiger partial charge in [-0.3, -0.25) is 19.3 Å². The van der Waals surface area contributed by atoms with Gasteiger partial charge in [0.05, 0.1) is 20.0 Å². The van der Waals surface area contributed by atoms with Crippen LogP contribution in [-0.4, -0.2) is 45.0 Å². The van der Waals surface area contributed by atoms with Crippen molar-refractivity contribution in [1.82, 2.24) is 10.2 Å². The van der Waals surface area contributed by atoms with Crippen molar-refractivity contribution in [2.45, 2.75) is 22.0 Å². The first-order chi connectivity index (χ1) is 16.4. The van der Waals surface area contributed by atoms with Gasteiger partial charge in [-0.15, -0.1) is 45.8 Å². The zero-order chi connectivity index (χ0) is 23.8. The van der Waals surface area contributed by atoms with Crippen LogP contribution in [0, 0.1) is 0 Å². The smallest absolute Gasteiger partial charge is 0.352 e. The van der Waals surface area contributed by atoms with Crippen molar-refractivity contribution in [3.8, 4) is 0 Å². The topological polar surface area (TPSA) is 104 Å². The molecule has 34 heavy (non-hydrogen) atoms. The quantitative estimate of drug-likeness (QED) is 0.340. The Morgan fingerprint density at radius 2 is 2.09 bits per heavy atom. The van der Waals surface area contributed by atoms with Crippen LogP contribution in [-0.2, 0) is 20.8 Å². The van der Waals surface area contributed by atoms with Crippen molar-refractivity contribution >= 4 is 84.7 Å². The highest BCUT2D eigenvalue weighted by atomic mass is 32.2. The Morgan fingerprint density at radius 1 is 1.24 bits per heavy atom. The number of carbonyl (C=O) groups excluding carboxylic acids is 2. The summed E-state index contributed by atoms with van der Waals surface area (Å²) in [5, 5.41) is 17.6. The van der Waals surface area contributed by atoms with Crippen molar-refractivity contribution in [1.29, 1.82) is 0 Å². The highest BCUT2D eigenvalue weighted by Gasteiger charge is 2.53.